The first-order valence-electron chi connectivity index (χ1n) is 5.10. The van der Waals surface area contributed by atoms with Crippen LogP contribution in [-0.2, 0) is 33.4 Å². The number of hydrogen-bond donors (Lipinski definition) is 0. The Bertz CT molecular complexity index is 415. The van der Waals surface area contributed by atoms with Gasteiger partial charge in [-0.2, -0.15) is 0 Å². The maximum atomic E-state index is 11.2. The van der Waals surface area contributed by atoms with Crippen LogP contribution in [0.1, 0.15) is 13.8 Å². The zero-order valence-corrected chi connectivity index (χ0v) is 11.0. The van der Waals surface area contributed by atoms with Crippen LogP contribution in [0.5, 0.6) is 0 Å². The predicted molar refractivity (Wildman–Crippen MR) is 62.6 cm³/mol. The van der Waals surface area contributed by atoms with Crippen molar-refractivity contribution in [2.45, 2.75) is 13.8 Å². The second-order valence-corrected chi connectivity index (χ2v) is 3.38. The molecule has 104 valence electrons. The van der Waals surface area contributed by atoms with E-state index in [9.17, 15) is 19.2 Å². The molecule has 0 N–H and O–H groups in total. The monoisotopic (exact) mass is 270 g/mol. The molecule has 0 aromatic carbocycles. The highest BCUT2D eigenvalue weighted by Gasteiger charge is 2.12. The van der Waals surface area contributed by atoms with Crippen molar-refractivity contribution in [1.82, 2.24) is 0 Å². The fourth-order valence-electron chi connectivity index (χ4n) is 0.951. The lowest BCUT2D eigenvalue weighted by Gasteiger charge is -2.00. The number of carbonyl (C=O) groups is 4. The average molecular weight is 270 g/mol. The minimum absolute atomic E-state index is 0.0195. The van der Waals surface area contributed by atoms with Crippen LogP contribution in [0.15, 0.2) is 23.3 Å². The molecule has 0 aliphatic heterocycles. The van der Waals surface area contributed by atoms with Gasteiger partial charge in [-0.25, -0.2) is 19.2 Å². The zero-order chi connectivity index (χ0) is 15.0. The summed E-state index contributed by atoms with van der Waals surface area (Å²) in [6.07, 6.45) is 1.62. The molecule has 0 radical (unpaired) electrons. The summed E-state index contributed by atoms with van der Waals surface area (Å²) in [7, 11) is 2.30. The summed E-state index contributed by atoms with van der Waals surface area (Å²) in [5.41, 5.74) is -0.0389. The van der Waals surface area contributed by atoms with Crippen molar-refractivity contribution < 1.29 is 33.4 Å². The molecule has 0 aliphatic rings. The first-order valence-corrected chi connectivity index (χ1v) is 5.10. The van der Waals surface area contributed by atoms with Gasteiger partial charge in [0.2, 0.25) is 0 Å². The van der Waals surface area contributed by atoms with E-state index in [-0.39, 0.29) is 11.1 Å². The molecule has 0 aromatic rings. The first kappa shape index (κ1) is 16.6. The summed E-state index contributed by atoms with van der Waals surface area (Å²) in [5, 5.41) is 0. The van der Waals surface area contributed by atoms with Crippen molar-refractivity contribution in [1.29, 1.82) is 0 Å². The average Bonchev–Trinajstić information content (AvgIpc) is 2.35. The van der Waals surface area contributed by atoms with E-state index in [1.807, 2.05) is 0 Å². The van der Waals surface area contributed by atoms with Crippen molar-refractivity contribution in [3.05, 3.63) is 23.3 Å². The fourth-order valence-corrected chi connectivity index (χ4v) is 0.951. The molecular weight excluding hydrogens is 256 g/mol. The van der Waals surface area contributed by atoms with Crippen LogP contribution < -0.4 is 0 Å². The fraction of sp³-hybridized carbons (Fsp3) is 0.333. The highest BCUT2D eigenvalue weighted by molar-refractivity contribution is 6.03. The summed E-state index contributed by atoms with van der Waals surface area (Å²) in [5.74, 6) is -3.51. The molecule has 7 heteroatoms. The number of ether oxygens (including phenoxy) is 3. The molecule has 0 heterocycles. The number of rotatable bonds is 4. The molecule has 0 spiro atoms. The van der Waals surface area contributed by atoms with E-state index >= 15 is 0 Å². The van der Waals surface area contributed by atoms with Crippen LogP contribution >= 0.6 is 0 Å². The van der Waals surface area contributed by atoms with Crippen molar-refractivity contribution >= 4 is 23.9 Å². The van der Waals surface area contributed by atoms with E-state index in [0.29, 0.717) is 0 Å². The van der Waals surface area contributed by atoms with E-state index in [1.54, 1.807) is 0 Å². The van der Waals surface area contributed by atoms with Crippen LogP contribution in [-0.4, -0.2) is 38.1 Å². The molecule has 0 saturated carbocycles. The number of esters is 4. The summed E-state index contributed by atoms with van der Waals surface area (Å²) in [6, 6.07) is 0. The molecule has 0 rings (SSSR count). The largest absolute Gasteiger partial charge is 0.466 e. The summed E-state index contributed by atoms with van der Waals surface area (Å²) in [6.45, 7) is 2.65. The third-order valence-electron chi connectivity index (χ3n) is 1.88. The van der Waals surface area contributed by atoms with E-state index in [2.05, 4.69) is 14.2 Å². The lowest BCUT2D eigenvalue weighted by molar-refractivity contribution is -0.153. The first-order chi connectivity index (χ1) is 8.81. The quantitative estimate of drug-likeness (QED) is 0.313. The Morgan fingerprint density at radius 3 is 1.32 bits per heavy atom. The molecule has 0 amide bonds. The molecule has 0 aliphatic carbocycles. The molecule has 0 bridgehead atoms. The van der Waals surface area contributed by atoms with Crippen molar-refractivity contribution in [3.63, 3.8) is 0 Å². The van der Waals surface area contributed by atoms with Gasteiger partial charge in [-0.1, -0.05) is 0 Å². The van der Waals surface area contributed by atoms with Crippen molar-refractivity contribution in [2.24, 2.45) is 0 Å². The third kappa shape index (κ3) is 6.16. The molecule has 0 atom stereocenters. The molecule has 0 aromatic heterocycles. The Morgan fingerprint density at radius 2 is 1.05 bits per heavy atom. The SMILES string of the molecule is COC(=O)C(C)=CC(=O)OC(=O)C=C(C)C(=O)OC. The summed E-state index contributed by atoms with van der Waals surface area (Å²) >= 11 is 0. The number of methoxy groups -OCH3 is 2. The van der Waals surface area contributed by atoms with Crippen molar-refractivity contribution in [3.8, 4) is 0 Å². The molecule has 0 fully saturated rings. The van der Waals surface area contributed by atoms with E-state index in [4.69, 9.17) is 0 Å². The molecule has 19 heavy (non-hydrogen) atoms. The Morgan fingerprint density at radius 1 is 0.737 bits per heavy atom. The maximum Gasteiger partial charge on any atom is 0.339 e. The minimum atomic E-state index is -1.04. The van der Waals surface area contributed by atoms with Gasteiger partial charge in [-0.3, -0.25) is 0 Å². The summed E-state index contributed by atoms with van der Waals surface area (Å²) < 4.78 is 13.0. The maximum absolute atomic E-state index is 11.2. The van der Waals surface area contributed by atoms with E-state index < -0.39 is 23.9 Å². The predicted octanol–water partition coefficient (Wildman–Crippen LogP) is 0.295. The standard InChI is InChI=1S/C12H14O7/c1-7(11(15)17-3)5-9(13)19-10(14)6-8(2)12(16)18-4/h5-6H,1-4H3. The number of carbonyl (C=O) groups excluding carboxylic acids is 4. The molecular formula is C12H14O7. The highest BCUT2D eigenvalue weighted by Crippen LogP contribution is 2.00. The Hall–Kier alpha value is -2.44. The van der Waals surface area contributed by atoms with Crippen molar-refractivity contribution in [2.75, 3.05) is 14.2 Å². The second-order valence-electron chi connectivity index (χ2n) is 3.38. The van der Waals surface area contributed by atoms with Gasteiger partial charge in [0, 0.05) is 23.3 Å². The third-order valence-corrected chi connectivity index (χ3v) is 1.88. The molecule has 7 nitrogen and oxygen atoms in total. The van der Waals surface area contributed by atoms with Crippen LogP contribution in [0.4, 0.5) is 0 Å². The zero-order valence-electron chi connectivity index (χ0n) is 11.0. The molecule has 0 saturated heterocycles. The van der Waals surface area contributed by atoms with E-state index in [0.717, 1.165) is 26.4 Å². The van der Waals surface area contributed by atoms with Gasteiger partial charge in [0.1, 0.15) is 0 Å². The highest BCUT2D eigenvalue weighted by atomic mass is 16.6. The Kier molecular flexibility index (Phi) is 6.80. The van der Waals surface area contributed by atoms with Gasteiger partial charge < -0.3 is 14.2 Å². The topological polar surface area (TPSA) is 96.0 Å². The van der Waals surface area contributed by atoms with Crippen LogP contribution in [0, 0.1) is 0 Å². The lowest BCUT2D eigenvalue weighted by Crippen LogP contribution is -2.12. The van der Waals surface area contributed by atoms with Gasteiger partial charge in [0.25, 0.3) is 0 Å². The number of hydrogen-bond acceptors (Lipinski definition) is 7. The van der Waals surface area contributed by atoms with Gasteiger partial charge >= 0.3 is 23.9 Å². The molecule has 0 unspecified atom stereocenters. The van der Waals surface area contributed by atoms with Crippen LogP contribution in [0.25, 0.3) is 0 Å². The minimum Gasteiger partial charge on any atom is -0.466 e. The van der Waals surface area contributed by atoms with Crippen LogP contribution in [0.2, 0.25) is 0 Å². The van der Waals surface area contributed by atoms with E-state index in [1.165, 1.54) is 13.8 Å². The van der Waals surface area contributed by atoms with Crippen LogP contribution in [0.3, 0.4) is 0 Å². The van der Waals surface area contributed by atoms with Gasteiger partial charge in [0.05, 0.1) is 14.2 Å². The Labute approximate surface area is 109 Å². The Balaban J connectivity index is 4.63. The normalized spacial score (nSPS) is 11.6. The second kappa shape index (κ2) is 7.80. The van der Waals surface area contributed by atoms with Gasteiger partial charge in [-0.05, 0) is 13.8 Å². The van der Waals surface area contributed by atoms with Gasteiger partial charge in [0.15, 0.2) is 0 Å². The summed E-state index contributed by atoms with van der Waals surface area (Å²) in [4.78, 5) is 44.4. The van der Waals surface area contributed by atoms with Gasteiger partial charge in [-0.15, -0.1) is 0 Å². The lowest BCUT2D eigenvalue weighted by atomic mass is 10.3. The smallest absolute Gasteiger partial charge is 0.339 e.